The second-order valence-electron chi connectivity index (χ2n) is 6.00. The topological polar surface area (TPSA) is 95.9 Å². The van der Waals surface area contributed by atoms with E-state index in [2.05, 4.69) is 5.32 Å². The summed E-state index contributed by atoms with van der Waals surface area (Å²) in [6.07, 6.45) is 0. The highest BCUT2D eigenvalue weighted by atomic mass is 19.1. The van der Waals surface area contributed by atoms with E-state index in [0.29, 0.717) is 0 Å². The van der Waals surface area contributed by atoms with Crippen LogP contribution in [0.3, 0.4) is 0 Å². The number of amides is 2. The molecule has 4 atom stereocenters. The van der Waals surface area contributed by atoms with Crippen LogP contribution in [0.25, 0.3) is 0 Å². The number of carbonyl (C=O) groups excluding carboxylic acids is 3. The molecule has 1 aromatic rings. The van der Waals surface area contributed by atoms with E-state index in [1.165, 1.54) is 25.2 Å². The molecule has 2 fully saturated rings. The van der Waals surface area contributed by atoms with E-state index in [9.17, 15) is 23.9 Å². The van der Waals surface area contributed by atoms with Gasteiger partial charge in [0.15, 0.2) is 5.54 Å². The molecule has 3 rings (SSSR count). The van der Waals surface area contributed by atoms with Crippen molar-refractivity contribution in [3.8, 4) is 0 Å². The average molecular weight is 336 g/mol. The highest BCUT2D eigenvalue weighted by Crippen LogP contribution is 2.48. The van der Waals surface area contributed by atoms with Gasteiger partial charge < -0.3 is 9.84 Å². The summed E-state index contributed by atoms with van der Waals surface area (Å²) in [5.74, 6) is -4.71. The zero-order chi connectivity index (χ0) is 17.6. The smallest absolute Gasteiger partial charge is 0.329 e. The number of methoxy groups -OCH3 is 1. The molecule has 0 spiro atoms. The molecule has 7 nitrogen and oxygen atoms in total. The van der Waals surface area contributed by atoms with Gasteiger partial charge in [-0.25, -0.2) is 9.18 Å². The number of hydrogen-bond donors (Lipinski definition) is 2. The van der Waals surface area contributed by atoms with Gasteiger partial charge in [0.05, 0.1) is 25.6 Å². The normalized spacial score (nSPS) is 32.2. The molecule has 0 saturated carbocycles. The highest BCUT2D eigenvalue weighted by Gasteiger charge is 2.68. The molecule has 2 amide bonds. The Hall–Kier alpha value is -2.32. The van der Waals surface area contributed by atoms with E-state index in [1.54, 1.807) is 6.07 Å². The lowest BCUT2D eigenvalue weighted by atomic mass is 9.79. The third-order valence-electron chi connectivity index (χ3n) is 4.91. The minimum Gasteiger partial charge on any atom is -0.468 e. The third kappa shape index (κ3) is 1.99. The number of likely N-dealkylation sites (tertiary alicyclic amines) is 1. The number of esters is 1. The van der Waals surface area contributed by atoms with Crippen LogP contribution < -0.4 is 5.32 Å². The summed E-state index contributed by atoms with van der Waals surface area (Å²) in [6.45, 7) is -0.751. The number of aliphatic hydroxyl groups excluding tert-OH is 1. The van der Waals surface area contributed by atoms with Crippen LogP contribution >= 0.6 is 0 Å². The van der Waals surface area contributed by atoms with Gasteiger partial charge in [-0.05, 0) is 6.07 Å². The van der Waals surface area contributed by atoms with Gasteiger partial charge in [-0.15, -0.1) is 0 Å². The Morgan fingerprint density at radius 1 is 1.38 bits per heavy atom. The maximum absolute atomic E-state index is 14.2. The Morgan fingerprint density at radius 3 is 2.62 bits per heavy atom. The summed E-state index contributed by atoms with van der Waals surface area (Å²) in [7, 11) is 2.43. The van der Waals surface area contributed by atoms with Crippen molar-refractivity contribution in [2.75, 3.05) is 20.8 Å². The van der Waals surface area contributed by atoms with E-state index >= 15 is 0 Å². The van der Waals surface area contributed by atoms with Crippen molar-refractivity contribution in [3.63, 3.8) is 0 Å². The lowest BCUT2D eigenvalue weighted by molar-refractivity contribution is -0.156. The third-order valence-corrected chi connectivity index (χ3v) is 4.91. The van der Waals surface area contributed by atoms with Crippen LogP contribution in [0.4, 0.5) is 4.39 Å². The largest absolute Gasteiger partial charge is 0.468 e. The van der Waals surface area contributed by atoms with Crippen LogP contribution in [-0.4, -0.2) is 54.1 Å². The van der Waals surface area contributed by atoms with Crippen LogP contribution in [0.2, 0.25) is 0 Å². The first-order chi connectivity index (χ1) is 11.4. The van der Waals surface area contributed by atoms with Crippen LogP contribution in [0.1, 0.15) is 11.6 Å². The van der Waals surface area contributed by atoms with Crippen molar-refractivity contribution in [1.82, 2.24) is 10.2 Å². The molecule has 128 valence electrons. The molecular formula is C16H17FN2O5. The van der Waals surface area contributed by atoms with Gasteiger partial charge in [0, 0.05) is 18.7 Å². The van der Waals surface area contributed by atoms with Gasteiger partial charge in [-0.1, -0.05) is 18.2 Å². The molecule has 2 heterocycles. The minimum atomic E-state index is -1.79. The first-order valence-corrected chi connectivity index (χ1v) is 7.42. The summed E-state index contributed by atoms with van der Waals surface area (Å²) in [4.78, 5) is 38.2. The number of halogens is 1. The number of ether oxygens (including phenoxy) is 1. The van der Waals surface area contributed by atoms with Gasteiger partial charge in [0.25, 0.3) is 0 Å². The molecule has 1 aromatic carbocycles. The Morgan fingerprint density at radius 2 is 2.04 bits per heavy atom. The summed E-state index contributed by atoms with van der Waals surface area (Å²) >= 11 is 0. The SMILES string of the molecule is COC(=O)[C@]1(CO)N[C@H](c2ccccc2F)[C@H]2C(=O)N(C)C(=O)[C@@H]21. The van der Waals surface area contributed by atoms with Crippen LogP contribution in [0.15, 0.2) is 24.3 Å². The number of aliphatic hydroxyl groups is 1. The van der Waals surface area contributed by atoms with E-state index in [0.717, 1.165) is 12.0 Å². The number of fused-ring (bicyclic) bond motifs is 1. The van der Waals surface area contributed by atoms with Crippen molar-refractivity contribution in [2.45, 2.75) is 11.6 Å². The maximum Gasteiger partial charge on any atom is 0.329 e. The van der Waals surface area contributed by atoms with E-state index in [4.69, 9.17) is 4.74 Å². The van der Waals surface area contributed by atoms with E-state index in [-0.39, 0.29) is 5.56 Å². The lowest BCUT2D eigenvalue weighted by Crippen LogP contribution is -2.58. The maximum atomic E-state index is 14.2. The van der Waals surface area contributed by atoms with Gasteiger partial charge >= 0.3 is 5.97 Å². The zero-order valence-corrected chi connectivity index (χ0v) is 13.2. The Kier molecular flexibility index (Phi) is 3.89. The minimum absolute atomic E-state index is 0.156. The molecule has 0 bridgehead atoms. The second-order valence-corrected chi connectivity index (χ2v) is 6.00. The van der Waals surface area contributed by atoms with Crippen LogP contribution in [0.5, 0.6) is 0 Å². The molecule has 0 aliphatic carbocycles. The van der Waals surface area contributed by atoms with Gasteiger partial charge in [0.2, 0.25) is 11.8 Å². The Labute approximate surface area is 137 Å². The fourth-order valence-electron chi connectivity index (χ4n) is 3.72. The number of nitrogens with zero attached hydrogens (tertiary/aromatic N) is 1. The monoisotopic (exact) mass is 336 g/mol. The van der Waals surface area contributed by atoms with Crippen molar-refractivity contribution < 1.29 is 28.6 Å². The molecule has 2 aliphatic heterocycles. The van der Waals surface area contributed by atoms with Crippen molar-refractivity contribution in [1.29, 1.82) is 0 Å². The number of nitrogens with one attached hydrogen (secondary N) is 1. The zero-order valence-electron chi connectivity index (χ0n) is 13.2. The predicted octanol–water partition coefficient (Wildman–Crippen LogP) is -0.395. The average Bonchev–Trinajstić information content (AvgIpc) is 3.05. The van der Waals surface area contributed by atoms with Crippen LogP contribution in [0, 0.1) is 17.7 Å². The molecule has 0 aromatic heterocycles. The molecule has 0 radical (unpaired) electrons. The standard InChI is InChI=1S/C16H17FN2O5/c1-19-13(21)10-11(14(19)22)16(7-20,15(23)24-2)18-12(10)8-5-3-4-6-9(8)17/h3-6,10-12,18,20H,7H2,1-2H3/t10-,11+,12+,16+/m0/s1. The van der Waals surface area contributed by atoms with Gasteiger partial charge in [-0.2, -0.15) is 0 Å². The first-order valence-electron chi connectivity index (χ1n) is 7.42. The molecule has 2 saturated heterocycles. The first kappa shape index (κ1) is 16.5. The van der Waals surface area contributed by atoms with Crippen LogP contribution in [-0.2, 0) is 19.1 Å². The summed E-state index contributed by atoms with van der Waals surface area (Å²) < 4.78 is 19.0. The quantitative estimate of drug-likeness (QED) is 0.576. The fraction of sp³-hybridized carbons (Fsp3) is 0.438. The number of imide groups is 1. The van der Waals surface area contributed by atoms with Crippen molar-refractivity contribution in [3.05, 3.63) is 35.6 Å². The molecule has 2 N–H and O–H groups in total. The Balaban J connectivity index is 2.17. The Bertz CT molecular complexity index is 724. The summed E-state index contributed by atoms with van der Waals surface area (Å²) in [6, 6.07) is 4.87. The molecule has 24 heavy (non-hydrogen) atoms. The van der Waals surface area contributed by atoms with Crippen molar-refractivity contribution >= 4 is 17.8 Å². The molecule has 2 aliphatic rings. The fourth-order valence-corrected chi connectivity index (χ4v) is 3.72. The number of hydrogen-bond acceptors (Lipinski definition) is 6. The molecular weight excluding hydrogens is 319 g/mol. The van der Waals surface area contributed by atoms with Gasteiger partial charge in [-0.3, -0.25) is 19.8 Å². The van der Waals surface area contributed by atoms with E-state index < -0.39 is 53.6 Å². The molecule has 0 unspecified atom stereocenters. The lowest BCUT2D eigenvalue weighted by Gasteiger charge is -2.29. The molecule has 8 heteroatoms. The predicted molar refractivity (Wildman–Crippen MR) is 78.9 cm³/mol. The van der Waals surface area contributed by atoms with E-state index in [1.807, 2.05) is 0 Å². The second kappa shape index (κ2) is 5.64. The summed E-state index contributed by atoms with van der Waals surface area (Å²) in [5, 5.41) is 12.7. The number of carbonyl (C=O) groups is 3. The van der Waals surface area contributed by atoms with Gasteiger partial charge in [0.1, 0.15) is 5.82 Å². The summed E-state index contributed by atoms with van der Waals surface area (Å²) in [5.41, 5.74) is -1.63. The number of rotatable bonds is 3. The van der Waals surface area contributed by atoms with Crippen molar-refractivity contribution in [2.24, 2.45) is 11.8 Å². The number of benzene rings is 1. The highest BCUT2D eigenvalue weighted by molar-refractivity contribution is 6.09.